The van der Waals surface area contributed by atoms with Gasteiger partial charge in [0.2, 0.25) is 5.91 Å². The molecule has 0 unspecified atom stereocenters. The molecule has 0 bridgehead atoms. The van der Waals surface area contributed by atoms with E-state index in [1.54, 1.807) is 0 Å². The fraction of sp³-hybridized carbons (Fsp3) is 0.609. The van der Waals surface area contributed by atoms with Gasteiger partial charge in [-0.05, 0) is 29.9 Å². The number of aryl methyl sites for hydroxylation is 1. The molecule has 0 saturated heterocycles. The molecular weight excluding hydrogens is 378 g/mol. The standard InChI is InChI=1S/C23H35N5O2/c1-5-18-6-8-19(9-7-18)15-27-11-10-21-25-26-23(28(21)13-12-27)20(14-17(2)3)24-22(29)16-30-4/h6-9,17,20H,5,10-16H2,1-4H3,(H,24,29)/t20-/m0/s1. The summed E-state index contributed by atoms with van der Waals surface area (Å²) in [7, 11) is 1.53. The number of hydrogen-bond acceptors (Lipinski definition) is 5. The number of fused-ring (bicyclic) bond motifs is 1. The molecule has 3 rings (SSSR count). The monoisotopic (exact) mass is 413 g/mol. The molecule has 1 N–H and O–H groups in total. The van der Waals surface area contributed by atoms with Crippen molar-refractivity contribution < 1.29 is 9.53 Å². The zero-order valence-corrected chi connectivity index (χ0v) is 18.7. The molecular formula is C23H35N5O2. The van der Waals surface area contributed by atoms with Gasteiger partial charge < -0.3 is 14.6 Å². The molecule has 30 heavy (non-hydrogen) atoms. The van der Waals surface area contributed by atoms with Crippen LogP contribution in [-0.2, 0) is 35.5 Å². The summed E-state index contributed by atoms with van der Waals surface area (Å²) in [6, 6.07) is 8.76. The Morgan fingerprint density at radius 3 is 2.53 bits per heavy atom. The quantitative estimate of drug-likeness (QED) is 0.684. The fourth-order valence-electron chi connectivity index (χ4n) is 4.01. The first-order chi connectivity index (χ1) is 14.5. The smallest absolute Gasteiger partial charge is 0.246 e. The molecule has 164 valence electrons. The number of rotatable bonds is 9. The predicted molar refractivity (Wildman–Crippen MR) is 117 cm³/mol. The Kier molecular flexibility index (Phi) is 7.99. The van der Waals surface area contributed by atoms with Crippen molar-refractivity contribution in [2.24, 2.45) is 5.92 Å². The van der Waals surface area contributed by atoms with Crippen LogP contribution in [-0.4, -0.2) is 52.4 Å². The van der Waals surface area contributed by atoms with Crippen molar-refractivity contribution in [2.45, 2.75) is 59.2 Å². The Hall–Kier alpha value is -2.25. The Balaban J connectivity index is 1.69. The second-order valence-corrected chi connectivity index (χ2v) is 8.50. The number of nitrogens with zero attached hydrogens (tertiary/aromatic N) is 4. The van der Waals surface area contributed by atoms with Gasteiger partial charge in [-0.1, -0.05) is 45.0 Å². The van der Waals surface area contributed by atoms with Crippen LogP contribution in [0.1, 0.15) is 56.0 Å². The number of nitrogens with one attached hydrogen (secondary N) is 1. The zero-order valence-electron chi connectivity index (χ0n) is 18.7. The van der Waals surface area contributed by atoms with Crippen LogP contribution in [0.2, 0.25) is 0 Å². The van der Waals surface area contributed by atoms with E-state index in [9.17, 15) is 4.79 Å². The maximum Gasteiger partial charge on any atom is 0.246 e. The van der Waals surface area contributed by atoms with Crippen molar-refractivity contribution in [1.82, 2.24) is 25.0 Å². The number of amides is 1. The third-order valence-corrected chi connectivity index (χ3v) is 5.61. The minimum absolute atomic E-state index is 0.0557. The maximum absolute atomic E-state index is 12.2. The zero-order chi connectivity index (χ0) is 21.5. The third kappa shape index (κ3) is 5.89. The van der Waals surface area contributed by atoms with Gasteiger partial charge in [0.05, 0.1) is 6.04 Å². The van der Waals surface area contributed by atoms with E-state index in [2.05, 4.69) is 70.0 Å². The molecule has 1 aromatic carbocycles. The van der Waals surface area contributed by atoms with Crippen LogP contribution in [0.3, 0.4) is 0 Å². The van der Waals surface area contributed by atoms with E-state index >= 15 is 0 Å². The minimum atomic E-state index is -0.151. The van der Waals surface area contributed by atoms with Gasteiger partial charge >= 0.3 is 0 Å². The normalized spacial score (nSPS) is 15.6. The van der Waals surface area contributed by atoms with Crippen molar-refractivity contribution in [1.29, 1.82) is 0 Å². The topological polar surface area (TPSA) is 72.3 Å². The molecule has 1 aliphatic rings. The largest absolute Gasteiger partial charge is 0.375 e. The van der Waals surface area contributed by atoms with Crippen LogP contribution in [0.4, 0.5) is 0 Å². The second kappa shape index (κ2) is 10.7. The summed E-state index contributed by atoms with van der Waals surface area (Å²) in [4.78, 5) is 14.6. The molecule has 2 heterocycles. The molecule has 1 aliphatic heterocycles. The van der Waals surface area contributed by atoms with Crippen molar-refractivity contribution in [2.75, 3.05) is 26.8 Å². The summed E-state index contributed by atoms with van der Waals surface area (Å²) >= 11 is 0. The lowest BCUT2D eigenvalue weighted by molar-refractivity contribution is -0.125. The maximum atomic E-state index is 12.2. The number of hydrogen-bond donors (Lipinski definition) is 1. The van der Waals surface area contributed by atoms with E-state index in [4.69, 9.17) is 4.74 Å². The van der Waals surface area contributed by atoms with Crippen molar-refractivity contribution in [3.05, 3.63) is 47.0 Å². The Labute approximate surface area is 179 Å². The second-order valence-electron chi connectivity index (χ2n) is 8.50. The van der Waals surface area contributed by atoms with Gasteiger partial charge in [0.25, 0.3) is 0 Å². The lowest BCUT2D eigenvalue weighted by Gasteiger charge is -2.22. The van der Waals surface area contributed by atoms with Crippen molar-refractivity contribution in [3.8, 4) is 0 Å². The van der Waals surface area contributed by atoms with Gasteiger partial charge in [0, 0.05) is 39.7 Å². The average Bonchev–Trinajstić information content (AvgIpc) is 3.02. The summed E-state index contributed by atoms with van der Waals surface area (Å²) in [5, 5.41) is 12.0. The van der Waals surface area contributed by atoms with Gasteiger partial charge in [-0.2, -0.15) is 0 Å². The summed E-state index contributed by atoms with van der Waals surface area (Å²) in [6.07, 6.45) is 2.75. The number of carbonyl (C=O) groups is 1. The number of ether oxygens (including phenoxy) is 1. The Morgan fingerprint density at radius 2 is 1.87 bits per heavy atom. The molecule has 2 aromatic rings. The van der Waals surface area contributed by atoms with Crippen LogP contribution in [0.5, 0.6) is 0 Å². The number of methoxy groups -OCH3 is 1. The molecule has 1 atom stereocenters. The van der Waals surface area contributed by atoms with Crippen LogP contribution in [0.15, 0.2) is 24.3 Å². The van der Waals surface area contributed by atoms with Gasteiger partial charge in [0.1, 0.15) is 12.4 Å². The van der Waals surface area contributed by atoms with Gasteiger partial charge in [-0.3, -0.25) is 9.69 Å². The van der Waals surface area contributed by atoms with Crippen LogP contribution >= 0.6 is 0 Å². The highest BCUT2D eigenvalue weighted by Gasteiger charge is 2.26. The third-order valence-electron chi connectivity index (χ3n) is 5.61. The highest BCUT2D eigenvalue weighted by Crippen LogP contribution is 2.22. The molecule has 0 fully saturated rings. The van der Waals surface area contributed by atoms with Gasteiger partial charge in [0.15, 0.2) is 5.82 Å². The molecule has 7 heteroatoms. The molecule has 1 amide bonds. The highest BCUT2D eigenvalue weighted by molar-refractivity contribution is 5.77. The van der Waals surface area contributed by atoms with Crippen LogP contribution in [0.25, 0.3) is 0 Å². The number of benzene rings is 1. The van der Waals surface area contributed by atoms with E-state index in [1.807, 2.05) is 0 Å². The highest BCUT2D eigenvalue weighted by atomic mass is 16.5. The first-order valence-electron chi connectivity index (χ1n) is 11.0. The van der Waals surface area contributed by atoms with E-state index in [0.717, 1.165) is 57.1 Å². The molecule has 0 aliphatic carbocycles. The van der Waals surface area contributed by atoms with E-state index in [-0.39, 0.29) is 18.6 Å². The van der Waals surface area contributed by atoms with Crippen molar-refractivity contribution in [3.63, 3.8) is 0 Å². The summed E-state index contributed by atoms with van der Waals surface area (Å²) in [5.74, 6) is 2.17. The first-order valence-corrected chi connectivity index (χ1v) is 11.0. The lowest BCUT2D eigenvalue weighted by atomic mass is 10.0. The van der Waals surface area contributed by atoms with E-state index in [1.165, 1.54) is 18.2 Å². The van der Waals surface area contributed by atoms with Crippen LogP contribution in [0, 0.1) is 5.92 Å². The van der Waals surface area contributed by atoms with Gasteiger partial charge in [-0.15, -0.1) is 10.2 Å². The Morgan fingerprint density at radius 1 is 1.13 bits per heavy atom. The van der Waals surface area contributed by atoms with E-state index < -0.39 is 0 Å². The number of carbonyl (C=O) groups excluding carboxylic acids is 1. The SMILES string of the molecule is CCc1ccc(CN2CCc3nnc([C@H](CC(C)C)NC(=O)COC)n3CC2)cc1. The molecule has 1 aromatic heterocycles. The summed E-state index contributed by atoms with van der Waals surface area (Å²) < 4.78 is 7.19. The van der Waals surface area contributed by atoms with E-state index in [0.29, 0.717) is 5.92 Å². The molecule has 0 saturated carbocycles. The lowest BCUT2D eigenvalue weighted by Crippen LogP contribution is -2.34. The molecule has 7 nitrogen and oxygen atoms in total. The Bertz CT molecular complexity index is 816. The van der Waals surface area contributed by atoms with Crippen molar-refractivity contribution >= 4 is 5.91 Å². The summed E-state index contributed by atoms with van der Waals surface area (Å²) in [6.45, 7) is 10.2. The molecule has 0 spiro atoms. The van der Waals surface area contributed by atoms with Crippen LogP contribution < -0.4 is 5.32 Å². The predicted octanol–water partition coefficient (Wildman–Crippen LogP) is 2.75. The molecule has 0 radical (unpaired) electrons. The van der Waals surface area contributed by atoms with Gasteiger partial charge in [-0.25, -0.2) is 0 Å². The first kappa shape index (κ1) is 22.4. The average molecular weight is 414 g/mol. The fourth-order valence-corrected chi connectivity index (χ4v) is 4.01. The number of aromatic nitrogens is 3. The minimum Gasteiger partial charge on any atom is -0.375 e. The summed E-state index contributed by atoms with van der Waals surface area (Å²) in [5.41, 5.74) is 2.71.